The Hall–Kier alpha value is -3.18. The first-order valence-corrected chi connectivity index (χ1v) is 14.3. The molecule has 7 rings (SSSR count). The van der Waals surface area contributed by atoms with Gasteiger partial charge in [-0.1, -0.05) is 55.3 Å². The van der Waals surface area contributed by atoms with Gasteiger partial charge in [-0.2, -0.15) is 29.5 Å². The van der Waals surface area contributed by atoms with Crippen LogP contribution in [0.3, 0.4) is 0 Å². The number of aromatic nitrogens is 1. The summed E-state index contributed by atoms with van der Waals surface area (Å²) in [6.45, 7) is 5.92. The van der Waals surface area contributed by atoms with Gasteiger partial charge in [0, 0.05) is 47.5 Å². The molecule has 0 saturated heterocycles. The van der Waals surface area contributed by atoms with Gasteiger partial charge in [0.25, 0.3) is 0 Å². The van der Waals surface area contributed by atoms with Gasteiger partial charge in [0.15, 0.2) is 0 Å². The van der Waals surface area contributed by atoms with E-state index < -0.39 is 6.98 Å². The van der Waals surface area contributed by atoms with Crippen LogP contribution in [0.4, 0.5) is 5.69 Å². The van der Waals surface area contributed by atoms with Crippen LogP contribution >= 0.6 is 22.7 Å². The first kappa shape index (κ1) is 23.5. The zero-order valence-corrected chi connectivity index (χ0v) is 25.9. The molecule has 0 fully saturated rings. The van der Waals surface area contributed by atoms with Crippen LogP contribution in [0.2, 0.25) is 0 Å². The van der Waals surface area contributed by atoms with Crippen LogP contribution in [0.1, 0.15) is 30.4 Å². The van der Waals surface area contributed by atoms with E-state index in [-0.39, 0.29) is 26.5 Å². The molecule has 4 nitrogen and oxygen atoms in total. The molecule has 1 aliphatic rings. The molecule has 0 N–H and O–H groups in total. The molecular formula is C33H26N3OPtS2-3. The van der Waals surface area contributed by atoms with Gasteiger partial charge < -0.3 is 14.5 Å². The van der Waals surface area contributed by atoms with E-state index in [1.807, 2.05) is 24.4 Å². The Morgan fingerprint density at radius 1 is 0.950 bits per heavy atom. The second-order valence-corrected chi connectivity index (χ2v) is 12.6. The van der Waals surface area contributed by atoms with E-state index in [1.54, 1.807) is 33.8 Å². The quantitative estimate of drug-likeness (QED) is 0.169. The average Bonchev–Trinajstić information content (AvgIpc) is 3.68. The number of nitrogens with zero attached hydrogens (tertiary/aromatic N) is 3. The molecule has 0 spiro atoms. The van der Waals surface area contributed by atoms with Gasteiger partial charge in [0.05, 0.1) is 0 Å². The average molecular weight is 743 g/mol. The Labute approximate surface area is 261 Å². The SMILES string of the molecule is [2H]C([2H])([2H])N1C=CN(c2[c-]c(Oc3[c-]c4c(-c5cc(C(C)(C)C)ccn5)c5sc6ccccc6c5cc4s3)ccc2)[CH-]1.[Pt]. The van der Waals surface area contributed by atoms with Crippen LogP contribution in [0, 0.1) is 18.8 Å². The van der Waals surface area contributed by atoms with Crippen LogP contribution in [0.15, 0.2) is 79.3 Å². The van der Waals surface area contributed by atoms with Crippen molar-refractivity contribution in [3.63, 3.8) is 0 Å². The van der Waals surface area contributed by atoms with E-state index in [4.69, 9.17) is 13.8 Å². The van der Waals surface area contributed by atoms with Crippen molar-refractivity contribution in [2.24, 2.45) is 0 Å². The molecule has 1 aliphatic heterocycles. The summed E-state index contributed by atoms with van der Waals surface area (Å²) < 4.78 is 32.7. The van der Waals surface area contributed by atoms with Crippen molar-refractivity contribution in [2.75, 3.05) is 11.9 Å². The van der Waals surface area contributed by atoms with Crippen molar-refractivity contribution in [1.29, 1.82) is 0 Å². The van der Waals surface area contributed by atoms with Crippen molar-refractivity contribution < 1.29 is 29.9 Å². The maximum absolute atomic E-state index is 7.64. The normalized spacial score (nSPS) is 14.9. The molecule has 0 amide bonds. The molecule has 204 valence electrons. The van der Waals surface area contributed by atoms with Gasteiger partial charge in [-0.15, -0.1) is 41.3 Å². The molecule has 4 heterocycles. The number of ether oxygens (including phenoxy) is 1. The summed E-state index contributed by atoms with van der Waals surface area (Å²) in [6, 6.07) is 27.4. The van der Waals surface area contributed by atoms with Gasteiger partial charge in [0.1, 0.15) is 5.06 Å². The van der Waals surface area contributed by atoms with Gasteiger partial charge in [-0.3, -0.25) is 4.98 Å². The fourth-order valence-corrected chi connectivity index (χ4v) is 6.99. The maximum atomic E-state index is 7.64. The van der Waals surface area contributed by atoms with E-state index >= 15 is 0 Å². The number of anilines is 1. The summed E-state index contributed by atoms with van der Waals surface area (Å²) in [5.41, 5.74) is 3.88. The Balaban J connectivity index is 0.00000329. The summed E-state index contributed by atoms with van der Waals surface area (Å²) >= 11 is 3.32. The minimum atomic E-state index is -2.25. The molecule has 0 saturated carbocycles. The minimum absolute atomic E-state index is 0. The van der Waals surface area contributed by atoms with Crippen LogP contribution in [-0.4, -0.2) is 16.9 Å². The number of thiophene rings is 2. The Morgan fingerprint density at radius 2 is 1.82 bits per heavy atom. The third kappa shape index (κ3) is 4.83. The van der Waals surface area contributed by atoms with E-state index in [0.29, 0.717) is 16.5 Å². The van der Waals surface area contributed by atoms with E-state index in [2.05, 4.69) is 75.4 Å². The topological polar surface area (TPSA) is 28.6 Å². The third-order valence-corrected chi connectivity index (χ3v) is 8.93. The van der Waals surface area contributed by atoms with Gasteiger partial charge in [-0.25, -0.2) is 0 Å². The number of hydrogen-bond donors (Lipinski definition) is 0. The number of rotatable bonds is 4. The van der Waals surface area contributed by atoms with Gasteiger partial charge in [0.2, 0.25) is 0 Å². The van der Waals surface area contributed by atoms with E-state index in [0.717, 1.165) is 21.3 Å². The van der Waals surface area contributed by atoms with Crippen molar-refractivity contribution in [3.8, 4) is 22.1 Å². The molecule has 0 bridgehead atoms. The molecule has 3 aromatic heterocycles. The zero-order chi connectivity index (χ0) is 29.2. The molecule has 40 heavy (non-hydrogen) atoms. The second kappa shape index (κ2) is 10.3. The fourth-order valence-electron chi connectivity index (χ4n) is 4.83. The summed E-state index contributed by atoms with van der Waals surface area (Å²) in [6.07, 6.45) is 5.11. The van der Waals surface area contributed by atoms with Crippen molar-refractivity contribution >= 4 is 58.6 Å². The fraction of sp³-hybridized carbons (Fsp3) is 0.152. The molecule has 0 radical (unpaired) electrons. The molecule has 0 aliphatic carbocycles. The number of hydrogen-bond acceptors (Lipinski definition) is 6. The number of pyridine rings is 1. The standard InChI is InChI=1S/C33H26N3OS2.Pt/c1-33(2,3)21-12-13-34-27(16-21)31-26-19-30(37-23-9-7-8-22(17-23)36-15-14-35(4)20-36)38-29(26)18-25-24-10-5-6-11-28(24)39-32(25)31;/h5-16,18,20H,1-4H3;/q-3;/i4D3;. The first-order valence-electron chi connectivity index (χ1n) is 14.1. The van der Waals surface area contributed by atoms with Crippen LogP contribution in [0.5, 0.6) is 10.8 Å². The number of fused-ring (bicyclic) bond motifs is 4. The predicted octanol–water partition coefficient (Wildman–Crippen LogP) is 9.36. The number of benzene rings is 3. The van der Waals surface area contributed by atoms with Crippen molar-refractivity contribution in [1.82, 2.24) is 9.88 Å². The summed E-state index contributed by atoms with van der Waals surface area (Å²) in [5, 5.41) is 4.03. The molecule has 3 aromatic carbocycles. The first-order chi connectivity index (χ1) is 20.0. The third-order valence-electron chi connectivity index (χ3n) is 6.82. The summed E-state index contributed by atoms with van der Waals surface area (Å²) in [4.78, 5) is 7.75. The molecule has 0 unspecified atom stereocenters. The van der Waals surface area contributed by atoms with E-state index in [9.17, 15) is 0 Å². The predicted molar refractivity (Wildman–Crippen MR) is 165 cm³/mol. The molecular weight excluding hydrogens is 714 g/mol. The Kier molecular flexibility index (Phi) is 6.08. The van der Waals surface area contributed by atoms with Crippen LogP contribution in [0.25, 0.3) is 41.5 Å². The summed E-state index contributed by atoms with van der Waals surface area (Å²) in [5.74, 6) is 0.520. The van der Waals surface area contributed by atoms with Gasteiger partial charge in [-0.05, 0) is 64.0 Å². The summed E-state index contributed by atoms with van der Waals surface area (Å²) in [7, 11) is 0. The second-order valence-electron chi connectivity index (χ2n) is 10.5. The minimum Gasteiger partial charge on any atom is -0.510 e. The molecule has 6 aromatic rings. The van der Waals surface area contributed by atoms with Gasteiger partial charge >= 0.3 is 0 Å². The smallest absolute Gasteiger partial charge is 0.107 e. The monoisotopic (exact) mass is 742 g/mol. The Bertz CT molecular complexity index is 2010. The molecule has 0 atom stereocenters. The van der Waals surface area contributed by atoms with Crippen LogP contribution < -0.4 is 9.64 Å². The van der Waals surface area contributed by atoms with E-state index in [1.165, 1.54) is 43.5 Å². The van der Waals surface area contributed by atoms with Crippen LogP contribution in [-0.2, 0) is 26.5 Å². The molecule has 7 heteroatoms. The zero-order valence-electron chi connectivity index (χ0n) is 25.0. The maximum Gasteiger partial charge on any atom is 0.107 e. The van der Waals surface area contributed by atoms with Crippen molar-refractivity contribution in [2.45, 2.75) is 26.2 Å². The largest absolute Gasteiger partial charge is 0.510 e. The Morgan fingerprint density at radius 3 is 2.65 bits per heavy atom. The van der Waals surface area contributed by atoms with Crippen molar-refractivity contribution in [3.05, 3.63) is 104 Å².